The summed E-state index contributed by atoms with van der Waals surface area (Å²) < 4.78 is 34.2. The molecule has 0 fully saturated rings. The van der Waals surface area contributed by atoms with E-state index < -0.39 is 32.5 Å². The van der Waals surface area contributed by atoms with Gasteiger partial charge < -0.3 is 27.9 Å². The van der Waals surface area contributed by atoms with Crippen molar-refractivity contribution in [3.05, 3.63) is 122 Å². The van der Waals surface area contributed by atoms with E-state index in [1.165, 1.54) is 167 Å². The zero-order chi connectivity index (χ0) is 61.2. The van der Waals surface area contributed by atoms with Crippen LogP contribution in [-0.2, 0) is 32.7 Å². The lowest BCUT2D eigenvalue weighted by molar-refractivity contribution is -0.870. The standard InChI is InChI=1S/C74H128NO8P/c1-6-8-10-12-14-16-18-20-22-24-26-28-30-32-34-36-37-39-40-42-44-46-48-50-52-54-56-58-60-62-64-66-73(76)80-70-72(71-82-84(78,79)81-69-68-75(3,4)5)83-74(77)67-65-63-61-59-57-55-53-51-49-47-45-43-41-38-35-33-31-29-27-25-23-21-19-17-15-13-11-9-7-2/h9,11,15,17,21,23-24,26-27,29,33,35,41,43,47,49,53,55,59,61,72H,6-8,10,12-14,16,18-20,22,25,28,30-32,34,36-40,42,44-46,48,50-52,54,56-58,60,62-71H2,1-5H3/b11-9-,17-15-,23-21-,26-24-,29-27-,35-33-,43-41-,49-47-,55-53-,61-59-. The molecule has 0 aromatic carbocycles. The number of ether oxygens (including phenoxy) is 2. The third-order valence-corrected chi connectivity index (χ3v) is 15.4. The van der Waals surface area contributed by atoms with Gasteiger partial charge in [-0.25, -0.2) is 0 Å². The molecule has 0 radical (unpaired) electrons. The quantitative estimate of drug-likeness (QED) is 0.0195. The number of allylic oxidation sites excluding steroid dienone is 20. The molecule has 0 aromatic rings. The van der Waals surface area contributed by atoms with Crippen molar-refractivity contribution in [2.45, 2.75) is 290 Å². The molecule has 0 saturated heterocycles. The van der Waals surface area contributed by atoms with Gasteiger partial charge in [-0.1, -0.05) is 289 Å². The number of unbranched alkanes of at least 4 members (excludes halogenated alkanes) is 28. The molecular weight excluding hydrogens is 1060 g/mol. The van der Waals surface area contributed by atoms with Gasteiger partial charge in [0.25, 0.3) is 7.82 Å². The van der Waals surface area contributed by atoms with Crippen LogP contribution < -0.4 is 4.89 Å². The van der Waals surface area contributed by atoms with Crippen LogP contribution in [0, 0.1) is 0 Å². The molecule has 0 saturated carbocycles. The Bertz CT molecular complexity index is 1830. The van der Waals surface area contributed by atoms with Gasteiger partial charge in [-0.3, -0.25) is 14.2 Å². The Morgan fingerprint density at radius 3 is 1.06 bits per heavy atom. The molecule has 10 heteroatoms. The van der Waals surface area contributed by atoms with Crippen LogP contribution in [0.1, 0.15) is 284 Å². The Morgan fingerprint density at radius 2 is 0.690 bits per heavy atom. The summed E-state index contributed by atoms with van der Waals surface area (Å²) in [6.45, 7) is 4.07. The molecule has 0 rings (SSSR count). The number of phosphoric acid groups is 1. The lowest BCUT2D eigenvalue weighted by Gasteiger charge is -2.28. The summed E-state index contributed by atoms with van der Waals surface area (Å²) in [5.41, 5.74) is 0. The number of hydrogen-bond acceptors (Lipinski definition) is 8. The maximum Gasteiger partial charge on any atom is 0.306 e. The molecule has 84 heavy (non-hydrogen) atoms. The summed E-state index contributed by atoms with van der Waals surface area (Å²) in [5.74, 6) is -0.902. The SMILES string of the molecule is CC/C=C\C/C=C\C/C=C\C/C=C\C/C=C\C/C=C\C/C=C\C/C=C\C/C=C\CCCC(=O)OC(COC(=O)CCCCCCCCCCCCCCCCCCCCC/C=C\CCCCCCCCCC)COP(=O)([O-])OCC[N+](C)(C)C. The highest BCUT2D eigenvalue weighted by atomic mass is 31.2. The van der Waals surface area contributed by atoms with Crippen molar-refractivity contribution < 1.29 is 42.1 Å². The van der Waals surface area contributed by atoms with Crippen molar-refractivity contribution in [3.63, 3.8) is 0 Å². The summed E-state index contributed by atoms with van der Waals surface area (Å²) in [6.07, 6.45) is 91.5. The molecule has 0 aromatic heterocycles. The molecule has 2 unspecified atom stereocenters. The number of quaternary nitrogens is 1. The first-order chi connectivity index (χ1) is 41.0. The Labute approximate surface area is 518 Å². The van der Waals surface area contributed by atoms with E-state index >= 15 is 0 Å². The van der Waals surface area contributed by atoms with Gasteiger partial charge in [0.05, 0.1) is 27.7 Å². The normalized spacial score (nSPS) is 13.9. The summed E-state index contributed by atoms with van der Waals surface area (Å²) in [7, 11) is 1.12. The number of nitrogens with zero attached hydrogens (tertiary/aromatic N) is 1. The van der Waals surface area contributed by atoms with Crippen LogP contribution in [0.5, 0.6) is 0 Å². The van der Waals surface area contributed by atoms with E-state index in [0.717, 1.165) is 77.0 Å². The molecule has 0 amide bonds. The summed E-state index contributed by atoms with van der Waals surface area (Å²) in [5, 5.41) is 0. The van der Waals surface area contributed by atoms with Crippen LogP contribution in [0.15, 0.2) is 122 Å². The van der Waals surface area contributed by atoms with Crippen molar-refractivity contribution in [2.75, 3.05) is 47.5 Å². The zero-order valence-corrected chi connectivity index (χ0v) is 55.7. The average molecular weight is 1190 g/mol. The van der Waals surface area contributed by atoms with E-state index in [9.17, 15) is 19.0 Å². The second-order valence-electron chi connectivity index (χ2n) is 23.8. The lowest BCUT2D eigenvalue weighted by Crippen LogP contribution is -2.37. The molecule has 2 atom stereocenters. The Hall–Kier alpha value is -3.59. The molecule has 0 bridgehead atoms. The van der Waals surface area contributed by atoms with Crippen LogP contribution in [0.25, 0.3) is 0 Å². The van der Waals surface area contributed by atoms with E-state index in [-0.39, 0.29) is 26.1 Å². The van der Waals surface area contributed by atoms with Crippen molar-refractivity contribution in [3.8, 4) is 0 Å². The first-order valence-electron chi connectivity index (χ1n) is 34.2. The van der Waals surface area contributed by atoms with E-state index in [0.29, 0.717) is 23.9 Å². The number of carbonyl (C=O) groups excluding carboxylic acids is 2. The van der Waals surface area contributed by atoms with Gasteiger partial charge in [0, 0.05) is 12.8 Å². The second-order valence-corrected chi connectivity index (χ2v) is 25.2. The van der Waals surface area contributed by atoms with Crippen LogP contribution in [0.4, 0.5) is 0 Å². The highest BCUT2D eigenvalue weighted by Crippen LogP contribution is 2.38. The monoisotopic (exact) mass is 1190 g/mol. The summed E-state index contributed by atoms with van der Waals surface area (Å²) in [4.78, 5) is 38.0. The number of likely N-dealkylation sites (N-methyl/N-ethyl adjacent to an activating group) is 1. The number of phosphoric ester groups is 1. The summed E-state index contributed by atoms with van der Waals surface area (Å²) in [6, 6.07) is 0. The van der Waals surface area contributed by atoms with Gasteiger partial charge >= 0.3 is 11.9 Å². The zero-order valence-electron chi connectivity index (χ0n) is 54.8. The van der Waals surface area contributed by atoms with Crippen LogP contribution in [-0.4, -0.2) is 70.0 Å². The minimum absolute atomic E-state index is 0.0471. The fourth-order valence-corrected chi connectivity index (χ4v) is 9.97. The van der Waals surface area contributed by atoms with Crippen molar-refractivity contribution >= 4 is 19.8 Å². The first kappa shape index (κ1) is 80.4. The molecule has 9 nitrogen and oxygen atoms in total. The fourth-order valence-electron chi connectivity index (χ4n) is 9.24. The maximum atomic E-state index is 12.8. The molecule has 0 spiro atoms. The third kappa shape index (κ3) is 67.5. The van der Waals surface area contributed by atoms with Gasteiger partial charge in [-0.15, -0.1) is 0 Å². The van der Waals surface area contributed by atoms with Gasteiger partial charge in [0.15, 0.2) is 6.10 Å². The summed E-state index contributed by atoms with van der Waals surface area (Å²) >= 11 is 0. The molecule has 0 aliphatic carbocycles. The Kier molecular flexibility index (Phi) is 61.2. The molecule has 0 aliphatic heterocycles. The van der Waals surface area contributed by atoms with Gasteiger partial charge in [-0.2, -0.15) is 0 Å². The van der Waals surface area contributed by atoms with Crippen molar-refractivity contribution in [1.29, 1.82) is 0 Å². The minimum atomic E-state index is -4.66. The molecule has 0 heterocycles. The second kappa shape index (κ2) is 63.9. The Balaban J connectivity index is 4.16. The van der Waals surface area contributed by atoms with Gasteiger partial charge in [0.1, 0.15) is 19.8 Å². The maximum absolute atomic E-state index is 12.8. The molecule has 0 N–H and O–H groups in total. The van der Waals surface area contributed by atoms with E-state index in [2.05, 4.69) is 129 Å². The largest absolute Gasteiger partial charge is 0.756 e. The number of hydrogen-bond donors (Lipinski definition) is 0. The van der Waals surface area contributed by atoms with Crippen LogP contribution in [0.3, 0.4) is 0 Å². The lowest BCUT2D eigenvalue weighted by atomic mass is 10.0. The van der Waals surface area contributed by atoms with E-state index in [1.807, 2.05) is 27.2 Å². The number of rotatable bonds is 62. The third-order valence-electron chi connectivity index (χ3n) is 14.5. The topological polar surface area (TPSA) is 111 Å². The number of carbonyl (C=O) groups is 2. The first-order valence-corrected chi connectivity index (χ1v) is 35.7. The van der Waals surface area contributed by atoms with Crippen LogP contribution in [0.2, 0.25) is 0 Å². The highest BCUT2D eigenvalue weighted by Gasteiger charge is 2.22. The predicted molar refractivity (Wildman–Crippen MR) is 360 cm³/mol. The Morgan fingerprint density at radius 1 is 0.381 bits per heavy atom. The highest BCUT2D eigenvalue weighted by molar-refractivity contribution is 7.45. The van der Waals surface area contributed by atoms with Crippen molar-refractivity contribution in [2.24, 2.45) is 0 Å². The fraction of sp³-hybridized carbons (Fsp3) is 0.703. The molecular formula is C74H128NO8P. The number of esters is 2. The van der Waals surface area contributed by atoms with Crippen LogP contribution >= 0.6 is 7.82 Å². The van der Waals surface area contributed by atoms with E-state index in [4.69, 9.17) is 18.5 Å². The van der Waals surface area contributed by atoms with Gasteiger partial charge in [-0.05, 0) is 103 Å². The average Bonchev–Trinajstić information content (AvgIpc) is 3.61. The predicted octanol–water partition coefficient (Wildman–Crippen LogP) is 21.6. The van der Waals surface area contributed by atoms with Gasteiger partial charge in [0.2, 0.25) is 0 Å². The van der Waals surface area contributed by atoms with E-state index in [1.54, 1.807) is 0 Å². The smallest absolute Gasteiger partial charge is 0.306 e. The molecule has 0 aliphatic rings. The van der Waals surface area contributed by atoms with Crippen molar-refractivity contribution in [1.82, 2.24) is 0 Å². The molecule has 482 valence electrons. The minimum Gasteiger partial charge on any atom is -0.756 e.